The molecule has 2 aromatic rings. The quantitative estimate of drug-likeness (QED) is 0.573. The number of benzene rings is 1. The van der Waals surface area contributed by atoms with E-state index < -0.39 is 5.60 Å². The summed E-state index contributed by atoms with van der Waals surface area (Å²) in [7, 11) is 3.84. The molecule has 0 fully saturated rings. The molecule has 0 aliphatic heterocycles. The minimum absolute atomic E-state index is 0.00944. The van der Waals surface area contributed by atoms with Gasteiger partial charge in [0.15, 0.2) is 0 Å². The van der Waals surface area contributed by atoms with Crippen LogP contribution in [-0.2, 0) is 11.7 Å². The van der Waals surface area contributed by atoms with E-state index >= 15 is 0 Å². The molecule has 1 aromatic heterocycles. The predicted molar refractivity (Wildman–Crippen MR) is 115 cm³/mol. The molecule has 0 N–H and O–H groups in total. The summed E-state index contributed by atoms with van der Waals surface area (Å²) in [4.78, 5) is 4.39. The Morgan fingerprint density at radius 3 is 2.12 bits per heavy atom. The van der Waals surface area contributed by atoms with Crippen molar-refractivity contribution in [2.75, 3.05) is 0 Å². The lowest BCUT2D eigenvalue weighted by atomic mass is 9.64. The molecule has 1 heterocycles. The number of nitrogens with zero attached hydrogens (tertiary/aromatic N) is 2. The van der Waals surface area contributed by atoms with Gasteiger partial charge in [0.1, 0.15) is 5.82 Å². The fourth-order valence-corrected chi connectivity index (χ4v) is 3.33. The van der Waals surface area contributed by atoms with Crippen molar-refractivity contribution in [3.8, 4) is 11.4 Å². The first kappa shape index (κ1) is 21.1. The Morgan fingerprint density at radius 2 is 1.65 bits per heavy atom. The van der Waals surface area contributed by atoms with Gasteiger partial charge in [0.25, 0.3) is 0 Å². The van der Waals surface area contributed by atoms with E-state index in [9.17, 15) is 0 Å². The van der Waals surface area contributed by atoms with Gasteiger partial charge in [0.05, 0.1) is 5.60 Å². The Labute approximate surface area is 165 Å². The molecule has 26 heavy (non-hydrogen) atoms. The summed E-state index contributed by atoms with van der Waals surface area (Å²) in [6, 6.07) is 8.26. The van der Waals surface area contributed by atoms with E-state index in [2.05, 4.69) is 77.7 Å². The molecule has 0 bridgehead atoms. The standard InChI is InChI=1S/C21H32BN2OS/c1-15(2)19(3,4)21(7,26)20(5,6)25-22-17-11-9-16(10-12-17)18-23-13-14-24(18)8/h9-15,26H,1-8H3. The van der Waals surface area contributed by atoms with Crippen molar-refractivity contribution < 1.29 is 4.65 Å². The van der Waals surface area contributed by atoms with Gasteiger partial charge in [-0.1, -0.05) is 57.4 Å². The first-order valence-corrected chi connectivity index (χ1v) is 9.66. The van der Waals surface area contributed by atoms with Crippen LogP contribution in [0.5, 0.6) is 0 Å². The van der Waals surface area contributed by atoms with Gasteiger partial charge < -0.3 is 9.22 Å². The highest BCUT2D eigenvalue weighted by Crippen LogP contribution is 2.49. The van der Waals surface area contributed by atoms with Crippen LogP contribution in [0.3, 0.4) is 0 Å². The second-order valence-corrected chi connectivity index (χ2v) is 9.57. The summed E-state index contributed by atoms with van der Waals surface area (Å²) >= 11 is 5.05. The number of rotatable bonds is 7. The first-order chi connectivity index (χ1) is 11.9. The van der Waals surface area contributed by atoms with Crippen molar-refractivity contribution in [2.45, 2.75) is 58.8 Å². The van der Waals surface area contributed by atoms with Crippen molar-refractivity contribution in [3.63, 3.8) is 0 Å². The van der Waals surface area contributed by atoms with Crippen LogP contribution in [0.15, 0.2) is 36.7 Å². The Hall–Kier alpha value is -1.20. The minimum Gasteiger partial charge on any atom is -0.428 e. The van der Waals surface area contributed by atoms with Crippen LogP contribution in [0.25, 0.3) is 11.4 Å². The number of thiol groups is 1. The SMILES string of the molecule is CC(C)C(C)(C)C(C)(S)C(C)(C)O[B]c1ccc(-c2nccn2C)cc1. The molecule has 2 rings (SSSR count). The number of aromatic nitrogens is 2. The summed E-state index contributed by atoms with van der Waals surface area (Å²) in [5.74, 6) is 1.45. The molecule has 0 aliphatic rings. The molecule has 3 nitrogen and oxygen atoms in total. The van der Waals surface area contributed by atoms with Crippen molar-refractivity contribution >= 4 is 25.6 Å². The predicted octanol–water partition coefficient (Wildman–Crippen LogP) is 4.50. The van der Waals surface area contributed by atoms with Crippen molar-refractivity contribution in [1.29, 1.82) is 0 Å². The molecular formula is C21H32BN2OS. The maximum Gasteiger partial charge on any atom is 0.330 e. The Balaban J connectivity index is 2.11. The van der Waals surface area contributed by atoms with Gasteiger partial charge in [-0.15, -0.1) is 0 Å². The van der Waals surface area contributed by atoms with Gasteiger partial charge in [-0.25, -0.2) is 4.98 Å². The van der Waals surface area contributed by atoms with Gasteiger partial charge in [-0.05, 0) is 32.1 Å². The molecule has 0 aliphatic carbocycles. The van der Waals surface area contributed by atoms with Crippen molar-refractivity contribution in [2.24, 2.45) is 18.4 Å². The third-order valence-electron chi connectivity index (χ3n) is 6.35. The summed E-state index contributed by atoms with van der Waals surface area (Å²) in [5.41, 5.74) is 1.70. The van der Waals surface area contributed by atoms with E-state index in [4.69, 9.17) is 17.3 Å². The van der Waals surface area contributed by atoms with Crippen LogP contribution in [0.4, 0.5) is 0 Å². The van der Waals surface area contributed by atoms with Crippen LogP contribution in [0.2, 0.25) is 0 Å². The molecule has 0 saturated heterocycles. The first-order valence-electron chi connectivity index (χ1n) is 9.21. The van der Waals surface area contributed by atoms with Gasteiger partial charge in [-0.2, -0.15) is 12.6 Å². The highest BCUT2D eigenvalue weighted by atomic mass is 32.1. The maximum absolute atomic E-state index is 6.25. The minimum atomic E-state index is -0.428. The highest BCUT2D eigenvalue weighted by molar-refractivity contribution is 7.82. The lowest BCUT2D eigenvalue weighted by Gasteiger charge is -2.53. The molecule has 1 atom stereocenters. The van der Waals surface area contributed by atoms with E-state index in [1.54, 1.807) is 0 Å². The maximum atomic E-state index is 6.25. The van der Waals surface area contributed by atoms with Gasteiger partial charge in [-0.3, -0.25) is 0 Å². The van der Waals surface area contributed by atoms with Gasteiger partial charge in [0, 0.05) is 29.8 Å². The number of aryl methyl sites for hydroxylation is 1. The summed E-state index contributed by atoms with van der Waals surface area (Å²) in [5, 5.41) is 0. The largest absolute Gasteiger partial charge is 0.428 e. The topological polar surface area (TPSA) is 27.1 Å². The van der Waals surface area contributed by atoms with E-state index in [1.807, 2.05) is 31.5 Å². The normalized spacial score (nSPS) is 15.2. The molecule has 1 radical (unpaired) electrons. The van der Waals surface area contributed by atoms with Crippen LogP contribution >= 0.6 is 12.6 Å². The van der Waals surface area contributed by atoms with Gasteiger partial charge in [0.2, 0.25) is 0 Å². The summed E-state index contributed by atoms with van der Waals surface area (Å²) < 4.78 is 7.95. The summed E-state index contributed by atoms with van der Waals surface area (Å²) in [6.07, 6.45) is 3.76. The molecule has 1 aromatic carbocycles. The number of hydrogen-bond donors (Lipinski definition) is 1. The molecular weight excluding hydrogens is 339 g/mol. The van der Waals surface area contributed by atoms with Crippen LogP contribution < -0.4 is 5.46 Å². The van der Waals surface area contributed by atoms with Crippen molar-refractivity contribution in [1.82, 2.24) is 9.55 Å². The fraction of sp³-hybridized carbons (Fsp3) is 0.571. The zero-order valence-corrected chi connectivity index (χ0v) is 18.3. The third kappa shape index (κ3) is 3.89. The van der Waals surface area contributed by atoms with E-state index in [0.717, 1.165) is 16.9 Å². The Bertz CT molecular complexity index is 733. The van der Waals surface area contributed by atoms with Crippen molar-refractivity contribution in [3.05, 3.63) is 36.7 Å². The van der Waals surface area contributed by atoms with Crippen LogP contribution in [-0.4, -0.2) is 27.4 Å². The number of imidazole rings is 1. The molecule has 5 heteroatoms. The average Bonchev–Trinajstić information content (AvgIpc) is 2.99. The zero-order valence-electron chi connectivity index (χ0n) is 17.4. The van der Waals surface area contributed by atoms with Gasteiger partial charge >= 0.3 is 7.48 Å². The molecule has 0 spiro atoms. The van der Waals surface area contributed by atoms with E-state index in [1.165, 1.54) is 0 Å². The lowest BCUT2D eigenvalue weighted by Crippen LogP contribution is -2.57. The average molecular weight is 371 g/mol. The molecule has 141 valence electrons. The molecule has 0 amide bonds. The van der Waals surface area contributed by atoms with E-state index in [0.29, 0.717) is 5.92 Å². The summed E-state index contributed by atoms with van der Waals surface area (Å²) in [6.45, 7) is 15.4. The second kappa shape index (κ2) is 7.44. The highest BCUT2D eigenvalue weighted by Gasteiger charge is 2.50. The van der Waals surface area contributed by atoms with Crippen LogP contribution in [0.1, 0.15) is 48.5 Å². The molecule has 0 saturated carbocycles. The molecule has 1 unspecified atom stereocenters. The zero-order chi connectivity index (χ0) is 19.8. The number of hydrogen-bond acceptors (Lipinski definition) is 3. The van der Waals surface area contributed by atoms with E-state index in [-0.39, 0.29) is 10.2 Å². The smallest absolute Gasteiger partial charge is 0.330 e. The monoisotopic (exact) mass is 371 g/mol. The van der Waals surface area contributed by atoms with Crippen LogP contribution in [0, 0.1) is 11.3 Å². The Kier molecular flexibility index (Phi) is 6.04. The second-order valence-electron chi connectivity index (χ2n) is 8.68. The fourth-order valence-electron chi connectivity index (χ4n) is 3.02. The lowest BCUT2D eigenvalue weighted by molar-refractivity contribution is 0.00257. The Morgan fingerprint density at radius 1 is 1.08 bits per heavy atom. The third-order valence-corrected chi connectivity index (χ3v) is 7.46.